The van der Waals surface area contributed by atoms with Crippen molar-refractivity contribution in [1.29, 1.82) is 0 Å². The number of rotatable bonds is 6. The van der Waals surface area contributed by atoms with E-state index in [0.29, 0.717) is 6.04 Å². The number of anilines is 1. The van der Waals surface area contributed by atoms with Crippen LogP contribution in [0.1, 0.15) is 44.2 Å². The van der Waals surface area contributed by atoms with Crippen LogP contribution in [0.15, 0.2) is 0 Å². The van der Waals surface area contributed by atoms with Gasteiger partial charge in [0.2, 0.25) is 0 Å². The zero-order chi connectivity index (χ0) is 14.0. The molecule has 1 aromatic heterocycles. The van der Waals surface area contributed by atoms with Gasteiger partial charge in [-0.2, -0.15) is 0 Å². The first kappa shape index (κ1) is 14.8. The van der Waals surface area contributed by atoms with Gasteiger partial charge in [-0.1, -0.05) is 32.1 Å². The third-order valence-electron chi connectivity index (χ3n) is 3.31. The monoisotopic (exact) mass is 284 g/mol. The van der Waals surface area contributed by atoms with Crippen molar-refractivity contribution in [1.82, 2.24) is 4.98 Å². The Morgan fingerprint density at radius 3 is 2.53 bits per heavy atom. The van der Waals surface area contributed by atoms with Crippen LogP contribution in [0.5, 0.6) is 0 Å². The summed E-state index contributed by atoms with van der Waals surface area (Å²) in [5, 5.41) is 10.6. The third kappa shape index (κ3) is 3.46. The SMILES string of the molecule is COCCN(c1nc(C(C)(C)C)c(CO)s1)C1CC1. The molecule has 0 amide bonds. The Hall–Kier alpha value is -0.650. The fraction of sp³-hybridized carbons (Fsp3) is 0.786. The van der Waals surface area contributed by atoms with Crippen LogP contribution in [-0.2, 0) is 16.8 Å². The summed E-state index contributed by atoms with van der Waals surface area (Å²) in [7, 11) is 1.73. The van der Waals surface area contributed by atoms with Gasteiger partial charge in [-0.25, -0.2) is 4.98 Å². The number of nitrogens with zero attached hydrogens (tertiary/aromatic N) is 2. The largest absolute Gasteiger partial charge is 0.391 e. The molecule has 1 fully saturated rings. The van der Waals surface area contributed by atoms with Crippen molar-refractivity contribution in [2.75, 3.05) is 25.2 Å². The van der Waals surface area contributed by atoms with E-state index in [9.17, 15) is 5.11 Å². The molecule has 4 nitrogen and oxygen atoms in total. The normalized spacial score (nSPS) is 15.8. The van der Waals surface area contributed by atoms with E-state index in [-0.39, 0.29) is 12.0 Å². The second-order valence-electron chi connectivity index (χ2n) is 6.09. The summed E-state index contributed by atoms with van der Waals surface area (Å²) in [5.74, 6) is 0. The Kier molecular flexibility index (Phi) is 4.48. The van der Waals surface area contributed by atoms with Gasteiger partial charge in [0.1, 0.15) is 0 Å². The second kappa shape index (κ2) is 5.77. The average Bonchev–Trinajstić information content (AvgIpc) is 3.07. The van der Waals surface area contributed by atoms with Crippen LogP contribution in [0, 0.1) is 0 Å². The first-order valence-corrected chi connectivity index (χ1v) is 7.65. The lowest BCUT2D eigenvalue weighted by molar-refractivity contribution is 0.205. The molecule has 1 saturated carbocycles. The van der Waals surface area contributed by atoms with E-state index in [1.54, 1.807) is 18.4 Å². The van der Waals surface area contributed by atoms with Gasteiger partial charge in [-0.3, -0.25) is 0 Å². The average molecular weight is 284 g/mol. The summed E-state index contributed by atoms with van der Waals surface area (Å²) in [6.07, 6.45) is 2.48. The summed E-state index contributed by atoms with van der Waals surface area (Å²) in [6.45, 7) is 8.09. The highest BCUT2D eigenvalue weighted by Crippen LogP contribution is 2.38. The maximum Gasteiger partial charge on any atom is 0.186 e. The van der Waals surface area contributed by atoms with Gasteiger partial charge in [0.15, 0.2) is 5.13 Å². The van der Waals surface area contributed by atoms with Crippen molar-refractivity contribution in [2.45, 2.75) is 51.7 Å². The van der Waals surface area contributed by atoms with Crippen molar-refractivity contribution in [2.24, 2.45) is 0 Å². The molecule has 19 heavy (non-hydrogen) atoms. The molecule has 0 spiro atoms. The summed E-state index contributed by atoms with van der Waals surface area (Å²) in [4.78, 5) is 8.12. The summed E-state index contributed by atoms with van der Waals surface area (Å²) >= 11 is 1.62. The van der Waals surface area contributed by atoms with Crippen LogP contribution in [0.4, 0.5) is 5.13 Å². The summed E-state index contributed by atoms with van der Waals surface area (Å²) in [5.41, 5.74) is 1.00. The van der Waals surface area contributed by atoms with Gasteiger partial charge in [0, 0.05) is 25.1 Å². The minimum absolute atomic E-state index is 0.0245. The molecule has 1 aliphatic rings. The molecule has 0 bridgehead atoms. The van der Waals surface area contributed by atoms with Crippen molar-refractivity contribution in [3.05, 3.63) is 10.6 Å². The standard InChI is InChI=1S/C14H24N2O2S/c1-14(2,3)12-11(9-17)19-13(15-12)16(7-8-18-4)10-5-6-10/h10,17H,5-9H2,1-4H3. The molecule has 5 heteroatoms. The number of aromatic nitrogens is 1. The van der Waals surface area contributed by atoms with Crippen LogP contribution < -0.4 is 4.90 Å². The number of hydrogen-bond donors (Lipinski definition) is 1. The minimum Gasteiger partial charge on any atom is -0.391 e. The highest BCUT2D eigenvalue weighted by molar-refractivity contribution is 7.15. The van der Waals surface area contributed by atoms with Crippen molar-refractivity contribution < 1.29 is 9.84 Å². The predicted molar refractivity (Wildman–Crippen MR) is 79.0 cm³/mol. The lowest BCUT2D eigenvalue weighted by Gasteiger charge is -2.21. The van der Waals surface area contributed by atoms with Gasteiger partial charge in [0.25, 0.3) is 0 Å². The molecular formula is C14H24N2O2S. The van der Waals surface area contributed by atoms with Gasteiger partial charge < -0.3 is 14.7 Å². The molecule has 0 radical (unpaired) electrons. The number of aliphatic hydroxyl groups is 1. The van der Waals surface area contributed by atoms with E-state index in [4.69, 9.17) is 9.72 Å². The fourth-order valence-electron chi connectivity index (χ4n) is 2.17. The van der Waals surface area contributed by atoms with E-state index >= 15 is 0 Å². The number of ether oxygens (including phenoxy) is 1. The van der Waals surface area contributed by atoms with Crippen LogP contribution >= 0.6 is 11.3 Å². The number of thiazole rings is 1. The van der Waals surface area contributed by atoms with Crippen LogP contribution in [-0.4, -0.2) is 36.4 Å². The van der Waals surface area contributed by atoms with Gasteiger partial charge in [-0.05, 0) is 12.8 Å². The maximum absolute atomic E-state index is 9.53. The molecular weight excluding hydrogens is 260 g/mol. The molecule has 0 unspecified atom stereocenters. The second-order valence-corrected chi connectivity index (χ2v) is 7.16. The molecule has 0 aliphatic heterocycles. The van der Waals surface area contributed by atoms with E-state index in [1.807, 2.05) is 0 Å². The molecule has 0 aromatic carbocycles. The maximum atomic E-state index is 9.53. The topological polar surface area (TPSA) is 45.6 Å². The number of hydrogen-bond acceptors (Lipinski definition) is 5. The molecule has 108 valence electrons. The van der Waals surface area contributed by atoms with Crippen LogP contribution in [0.3, 0.4) is 0 Å². The van der Waals surface area contributed by atoms with Gasteiger partial charge in [-0.15, -0.1) is 0 Å². The smallest absolute Gasteiger partial charge is 0.186 e. The third-order valence-corrected chi connectivity index (χ3v) is 4.39. The Bertz CT molecular complexity index is 422. The molecule has 2 rings (SSSR count). The highest BCUT2D eigenvalue weighted by atomic mass is 32.1. The zero-order valence-electron chi connectivity index (χ0n) is 12.3. The van der Waals surface area contributed by atoms with Crippen molar-refractivity contribution in [3.63, 3.8) is 0 Å². The lowest BCUT2D eigenvalue weighted by atomic mass is 9.91. The first-order valence-electron chi connectivity index (χ1n) is 6.84. The molecule has 0 saturated heterocycles. The molecule has 1 heterocycles. The number of aliphatic hydroxyl groups excluding tert-OH is 1. The van der Waals surface area contributed by atoms with Crippen molar-refractivity contribution >= 4 is 16.5 Å². The highest BCUT2D eigenvalue weighted by Gasteiger charge is 2.32. The Morgan fingerprint density at radius 1 is 1.42 bits per heavy atom. The number of methoxy groups -OCH3 is 1. The minimum atomic E-state index is -0.0245. The van der Waals surface area contributed by atoms with E-state index in [1.165, 1.54) is 12.8 Å². The van der Waals surface area contributed by atoms with Crippen LogP contribution in [0.25, 0.3) is 0 Å². The van der Waals surface area contributed by atoms with Crippen molar-refractivity contribution in [3.8, 4) is 0 Å². The molecule has 1 N–H and O–H groups in total. The quantitative estimate of drug-likeness (QED) is 0.872. The Balaban J connectivity index is 2.25. The van der Waals surface area contributed by atoms with Crippen LogP contribution in [0.2, 0.25) is 0 Å². The lowest BCUT2D eigenvalue weighted by Crippen LogP contribution is -2.29. The summed E-state index contributed by atoms with van der Waals surface area (Å²) in [6, 6.07) is 0.612. The fourth-order valence-corrected chi connectivity index (χ4v) is 3.39. The molecule has 1 aromatic rings. The van der Waals surface area contributed by atoms with Gasteiger partial charge in [0.05, 0.1) is 23.8 Å². The Morgan fingerprint density at radius 2 is 2.11 bits per heavy atom. The summed E-state index contributed by atoms with van der Waals surface area (Å²) < 4.78 is 5.19. The molecule has 1 aliphatic carbocycles. The van der Waals surface area contributed by atoms with E-state index in [2.05, 4.69) is 25.7 Å². The predicted octanol–water partition coefficient (Wildman–Crippen LogP) is 2.55. The van der Waals surface area contributed by atoms with E-state index < -0.39 is 0 Å². The Labute approximate surface area is 119 Å². The molecule has 0 atom stereocenters. The zero-order valence-corrected chi connectivity index (χ0v) is 13.1. The first-order chi connectivity index (χ1) is 8.97. The van der Waals surface area contributed by atoms with E-state index in [0.717, 1.165) is 28.9 Å². The van der Waals surface area contributed by atoms with Gasteiger partial charge >= 0.3 is 0 Å².